The Bertz CT molecular complexity index is 578. The Morgan fingerprint density at radius 2 is 1.76 bits per heavy atom. The van der Waals surface area contributed by atoms with Crippen LogP contribution in [0.3, 0.4) is 0 Å². The number of amides is 1. The van der Waals surface area contributed by atoms with Crippen LogP contribution in [0.15, 0.2) is 24.3 Å². The van der Waals surface area contributed by atoms with Gasteiger partial charge >= 0.3 is 0 Å². The van der Waals surface area contributed by atoms with Gasteiger partial charge in [0.15, 0.2) is 0 Å². The summed E-state index contributed by atoms with van der Waals surface area (Å²) < 4.78 is 13.9. The van der Waals surface area contributed by atoms with Gasteiger partial charge in [-0.15, -0.1) is 0 Å². The van der Waals surface area contributed by atoms with Crippen molar-refractivity contribution in [3.63, 3.8) is 0 Å². The van der Waals surface area contributed by atoms with E-state index in [9.17, 15) is 9.18 Å². The van der Waals surface area contributed by atoms with Crippen molar-refractivity contribution in [3.05, 3.63) is 30.1 Å². The lowest BCUT2D eigenvalue weighted by atomic mass is 9.87. The fourth-order valence-corrected chi connectivity index (χ4v) is 3.95. The Hall–Kier alpha value is -1.62. The average molecular weight is 347 g/mol. The number of hydrogen-bond donors (Lipinski definition) is 1. The molecule has 1 aliphatic carbocycles. The molecule has 1 atom stereocenters. The van der Waals surface area contributed by atoms with Crippen molar-refractivity contribution in [2.75, 3.05) is 31.1 Å². The maximum Gasteiger partial charge on any atom is 0.237 e. The second-order valence-electron chi connectivity index (χ2n) is 7.62. The van der Waals surface area contributed by atoms with Crippen LogP contribution in [0.1, 0.15) is 39.5 Å². The molecule has 0 bridgehead atoms. The van der Waals surface area contributed by atoms with E-state index in [2.05, 4.69) is 22.0 Å². The molecule has 2 fully saturated rings. The zero-order chi connectivity index (χ0) is 17.8. The van der Waals surface area contributed by atoms with Crippen LogP contribution in [0.4, 0.5) is 10.1 Å². The molecule has 1 aliphatic heterocycles. The molecule has 1 N–H and O–H groups in total. The number of anilines is 1. The molecular formula is C20H30FN3O. The largest absolute Gasteiger partial charge is 0.367 e. The van der Waals surface area contributed by atoms with E-state index < -0.39 is 0 Å². The summed E-state index contributed by atoms with van der Waals surface area (Å²) >= 11 is 0. The Kier molecular flexibility index (Phi) is 5.94. The molecule has 1 aromatic rings. The Balaban J connectivity index is 1.48. The predicted octanol–water partition coefficient (Wildman–Crippen LogP) is 3.03. The summed E-state index contributed by atoms with van der Waals surface area (Å²) in [7, 11) is 0. The van der Waals surface area contributed by atoms with Crippen molar-refractivity contribution < 1.29 is 9.18 Å². The molecule has 1 saturated carbocycles. The number of piperazine rings is 1. The van der Waals surface area contributed by atoms with Crippen molar-refractivity contribution in [2.24, 2.45) is 5.92 Å². The second kappa shape index (κ2) is 8.17. The summed E-state index contributed by atoms with van der Waals surface area (Å²) in [6, 6.07) is 7.13. The number of carbonyl (C=O) groups is 1. The van der Waals surface area contributed by atoms with Gasteiger partial charge in [0.2, 0.25) is 5.91 Å². The zero-order valence-corrected chi connectivity index (χ0v) is 15.4. The van der Waals surface area contributed by atoms with Gasteiger partial charge in [-0.05, 0) is 50.7 Å². The molecule has 0 radical (unpaired) electrons. The monoisotopic (exact) mass is 347 g/mol. The molecule has 3 rings (SSSR count). The van der Waals surface area contributed by atoms with Gasteiger partial charge in [0, 0.05) is 32.2 Å². The average Bonchev–Trinajstić information content (AvgIpc) is 2.63. The van der Waals surface area contributed by atoms with Gasteiger partial charge in [-0.3, -0.25) is 9.69 Å². The standard InChI is InChI=1S/C20H30FN3O/c1-15-7-9-17(10-8-15)22-20(25)16(2)23-11-13-24(14-12-23)19-6-4-3-5-18(19)21/h3-6,15-17H,7-14H2,1-2H3,(H,22,25)/t15?,16-,17?/m0/s1. The molecule has 2 aliphatic rings. The summed E-state index contributed by atoms with van der Waals surface area (Å²) in [5, 5.41) is 3.23. The van der Waals surface area contributed by atoms with Crippen LogP contribution in [0, 0.1) is 11.7 Å². The molecule has 1 heterocycles. The topological polar surface area (TPSA) is 35.6 Å². The van der Waals surface area contributed by atoms with Crippen molar-refractivity contribution >= 4 is 11.6 Å². The molecule has 5 heteroatoms. The van der Waals surface area contributed by atoms with E-state index in [1.807, 2.05) is 19.1 Å². The van der Waals surface area contributed by atoms with Crippen LogP contribution in [-0.4, -0.2) is 49.1 Å². The minimum absolute atomic E-state index is 0.123. The summed E-state index contributed by atoms with van der Waals surface area (Å²) in [6.45, 7) is 7.34. The first-order valence-corrected chi connectivity index (χ1v) is 9.58. The van der Waals surface area contributed by atoms with E-state index in [4.69, 9.17) is 0 Å². The van der Waals surface area contributed by atoms with Gasteiger partial charge in [-0.1, -0.05) is 19.1 Å². The van der Waals surface area contributed by atoms with E-state index in [0.717, 1.165) is 44.9 Å². The highest BCUT2D eigenvalue weighted by molar-refractivity contribution is 5.81. The van der Waals surface area contributed by atoms with Crippen molar-refractivity contribution in [1.82, 2.24) is 10.2 Å². The smallest absolute Gasteiger partial charge is 0.237 e. The zero-order valence-electron chi connectivity index (χ0n) is 15.4. The minimum Gasteiger partial charge on any atom is -0.367 e. The number of halogens is 1. The lowest BCUT2D eigenvalue weighted by Crippen LogP contribution is -2.55. The fourth-order valence-electron chi connectivity index (χ4n) is 3.95. The van der Waals surface area contributed by atoms with Crippen LogP contribution in [0.2, 0.25) is 0 Å². The lowest BCUT2D eigenvalue weighted by Gasteiger charge is -2.39. The fraction of sp³-hybridized carbons (Fsp3) is 0.650. The van der Waals surface area contributed by atoms with E-state index in [0.29, 0.717) is 11.7 Å². The van der Waals surface area contributed by atoms with Crippen molar-refractivity contribution in [1.29, 1.82) is 0 Å². The third-order valence-corrected chi connectivity index (χ3v) is 5.80. The van der Waals surface area contributed by atoms with Gasteiger partial charge in [-0.2, -0.15) is 0 Å². The number of carbonyl (C=O) groups excluding carboxylic acids is 1. The molecule has 1 amide bonds. The van der Waals surface area contributed by atoms with Crippen LogP contribution in [0.25, 0.3) is 0 Å². The number of rotatable bonds is 4. The van der Waals surface area contributed by atoms with Gasteiger partial charge in [-0.25, -0.2) is 4.39 Å². The Morgan fingerprint density at radius 3 is 2.40 bits per heavy atom. The minimum atomic E-state index is -0.173. The van der Waals surface area contributed by atoms with Crippen LogP contribution in [-0.2, 0) is 4.79 Å². The molecule has 138 valence electrons. The van der Waals surface area contributed by atoms with Crippen molar-refractivity contribution in [2.45, 2.75) is 51.6 Å². The quantitative estimate of drug-likeness (QED) is 0.909. The highest BCUT2D eigenvalue weighted by Gasteiger charge is 2.28. The number of para-hydroxylation sites is 1. The number of benzene rings is 1. The van der Waals surface area contributed by atoms with E-state index >= 15 is 0 Å². The predicted molar refractivity (Wildman–Crippen MR) is 99.2 cm³/mol. The third-order valence-electron chi connectivity index (χ3n) is 5.80. The highest BCUT2D eigenvalue weighted by atomic mass is 19.1. The number of nitrogens with zero attached hydrogens (tertiary/aromatic N) is 2. The third kappa shape index (κ3) is 4.51. The molecule has 1 aromatic carbocycles. The second-order valence-corrected chi connectivity index (χ2v) is 7.62. The molecular weight excluding hydrogens is 317 g/mol. The highest BCUT2D eigenvalue weighted by Crippen LogP contribution is 2.24. The summed E-state index contributed by atoms with van der Waals surface area (Å²) in [5.41, 5.74) is 0.663. The summed E-state index contributed by atoms with van der Waals surface area (Å²) in [6.07, 6.45) is 4.61. The van der Waals surface area contributed by atoms with Gasteiger partial charge in [0.05, 0.1) is 11.7 Å². The van der Waals surface area contributed by atoms with E-state index in [-0.39, 0.29) is 17.8 Å². The molecule has 0 unspecified atom stereocenters. The first-order chi connectivity index (χ1) is 12.0. The first kappa shape index (κ1) is 18.2. The first-order valence-electron chi connectivity index (χ1n) is 9.58. The molecule has 0 spiro atoms. The lowest BCUT2D eigenvalue weighted by molar-refractivity contribution is -0.127. The normalized spacial score (nSPS) is 26.3. The molecule has 25 heavy (non-hydrogen) atoms. The molecule has 4 nitrogen and oxygen atoms in total. The Morgan fingerprint density at radius 1 is 1.12 bits per heavy atom. The van der Waals surface area contributed by atoms with E-state index in [1.165, 1.54) is 18.9 Å². The van der Waals surface area contributed by atoms with Gasteiger partial charge < -0.3 is 10.2 Å². The van der Waals surface area contributed by atoms with Crippen LogP contribution < -0.4 is 10.2 Å². The maximum atomic E-state index is 13.9. The van der Waals surface area contributed by atoms with Gasteiger partial charge in [0.25, 0.3) is 0 Å². The Labute approximate surface area is 150 Å². The number of nitrogens with one attached hydrogen (secondary N) is 1. The SMILES string of the molecule is CC1CCC(NC(=O)[C@H](C)N2CCN(c3ccccc3F)CC2)CC1. The summed E-state index contributed by atoms with van der Waals surface area (Å²) in [5.74, 6) is 0.754. The van der Waals surface area contributed by atoms with Crippen LogP contribution in [0.5, 0.6) is 0 Å². The van der Waals surface area contributed by atoms with Crippen molar-refractivity contribution in [3.8, 4) is 0 Å². The van der Waals surface area contributed by atoms with Gasteiger partial charge in [0.1, 0.15) is 5.82 Å². The molecule has 0 aromatic heterocycles. The summed E-state index contributed by atoms with van der Waals surface area (Å²) in [4.78, 5) is 16.8. The van der Waals surface area contributed by atoms with Crippen LogP contribution >= 0.6 is 0 Å². The van der Waals surface area contributed by atoms with E-state index in [1.54, 1.807) is 6.07 Å². The molecule has 1 saturated heterocycles. The maximum absolute atomic E-state index is 13.9. The number of hydrogen-bond acceptors (Lipinski definition) is 3.